The Morgan fingerprint density at radius 2 is 2.36 bits per heavy atom. The highest BCUT2D eigenvalue weighted by molar-refractivity contribution is 4.73. The van der Waals surface area contributed by atoms with Crippen molar-refractivity contribution < 1.29 is 4.39 Å². The second-order valence-corrected chi connectivity index (χ2v) is 2.24. The van der Waals surface area contributed by atoms with E-state index < -0.39 is 0 Å². The largest absolute Gasteiger partial charge is 0.336 e. The molecule has 0 aliphatic carbocycles. The van der Waals surface area contributed by atoms with Crippen molar-refractivity contribution in [1.82, 2.24) is 14.9 Å². The first kappa shape index (κ1) is 8.20. The third-order valence-corrected chi connectivity index (χ3v) is 1.38. The molecule has 0 fully saturated rings. The summed E-state index contributed by atoms with van der Waals surface area (Å²) < 4.78 is 13.5. The van der Waals surface area contributed by atoms with Gasteiger partial charge in [0.25, 0.3) is 0 Å². The Morgan fingerprint density at radius 1 is 1.45 bits per heavy atom. The molecule has 0 saturated carbocycles. The van der Waals surface area contributed by atoms with Gasteiger partial charge in [-0.2, -0.15) is 0 Å². The van der Waals surface area contributed by atoms with Crippen molar-refractivity contribution in [2.24, 2.45) is 0 Å². The van der Waals surface area contributed by atoms with Crippen LogP contribution in [0.4, 0.5) is 4.39 Å². The van der Waals surface area contributed by atoms with Crippen LogP contribution in [-0.2, 0) is 6.54 Å². The molecule has 3 nitrogen and oxygen atoms in total. The molecule has 1 aromatic rings. The van der Waals surface area contributed by atoms with Crippen molar-refractivity contribution in [3.8, 4) is 0 Å². The molecule has 0 aliphatic heterocycles. The number of alkyl halides is 1. The fourth-order valence-electron chi connectivity index (χ4n) is 0.819. The summed E-state index contributed by atoms with van der Waals surface area (Å²) in [7, 11) is 0. The van der Waals surface area contributed by atoms with Crippen LogP contribution in [0.15, 0.2) is 18.7 Å². The molecule has 1 heterocycles. The Morgan fingerprint density at radius 3 is 3.00 bits per heavy atom. The number of rotatable bonds is 5. The van der Waals surface area contributed by atoms with Gasteiger partial charge in [-0.1, -0.05) is 0 Å². The molecule has 0 unspecified atom stereocenters. The van der Waals surface area contributed by atoms with E-state index in [0.717, 1.165) is 13.1 Å². The standard InChI is InChI=1S/C7H12FN3/c8-1-2-9-3-5-11-6-4-10-7-11/h4,6-7,9H,1-3,5H2. The number of aromatic nitrogens is 2. The van der Waals surface area contributed by atoms with E-state index in [-0.39, 0.29) is 6.67 Å². The van der Waals surface area contributed by atoms with Crippen molar-refractivity contribution in [2.75, 3.05) is 19.8 Å². The smallest absolute Gasteiger partial charge is 0.102 e. The van der Waals surface area contributed by atoms with Gasteiger partial charge in [0.05, 0.1) is 6.33 Å². The molecule has 4 heteroatoms. The van der Waals surface area contributed by atoms with Gasteiger partial charge in [-0.3, -0.25) is 0 Å². The molecule has 0 spiro atoms. The first-order valence-electron chi connectivity index (χ1n) is 3.66. The predicted octanol–water partition coefficient (Wildman–Crippen LogP) is 0.442. The molecule has 1 rings (SSSR count). The van der Waals surface area contributed by atoms with Crippen LogP contribution < -0.4 is 5.32 Å². The summed E-state index contributed by atoms with van der Waals surface area (Å²) in [5, 5.41) is 2.95. The van der Waals surface area contributed by atoms with Gasteiger partial charge in [-0.25, -0.2) is 9.37 Å². The molecular formula is C7H12FN3. The normalized spacial score (nSPS) is 10.3. The van der Waals surface area contributed by atoms with Gasteiger partial charge in [-0.05, 0) is 0 Å². The van der Waals surface area contributed by atoms with Crippen LogP contribution >= 0.6 is 0 Å². The zero-order valence-corrected chi connectivity index (χ0v) is 6.33. The van der Waals surface area contributed by atoms with E-state index in [9.17, 15) is 4.39 Å². The molecule has 0 radical (unpaired) electrons. The molecule has 0 aromatic carbocycles. The Kier molecular flexibility index (Phi) is 3.61. The lowest BCUT2D eigenvalue weighted by atomic mass is 10.6. The van der Waals surface area contributed by atoms with E-state index in [1.807, 2.05) is 10.8 Å². The average Bonchev–Trinajstić information content (AvgIpc) is 2.50. The summed E-state index contributed by atoms with van der Waals surface area (Å²) in [6.45, 7) is 1.78. The van der Waals surface area contributed by atoms with E-state index in [2.05, 4.69) is 10.3 Å². The molecule has 0 aliphatic rings. The van der Waals surface area contributed by atoms with Crippen molar-refractivity contribution >= 4 is 0 Å². The van der Waals surface area contributed by atoms with Crippen molar-refractivity contribution in [1.29, 1.82) is 0 Å². The fraction of sp³-hybridized carbons (Fsp3) is 0.571. The summed E-state index contributed by atoms with van der Waals surface area (Å²) >= 11 is 0. The third-order valence-electron chi connectivity index (χ3n) is 1.38. The number of hydrogen-bond donors (Lipinski definition) is 1. The average molecular weight is 157 g/mol. The Hall–Kier alpha value is -0.900. The van der Waals surface area contributed by atoms with Crippen LogP contribution in [-0.4, -0.2) is 29.3 Å². The van der Waals surface area contributed by atoms with Crippen LogP contribution in [0.25, 0.3) is 0 Å². The molecule has 0 bridgehead atoms. The second-order valence-electron chi connectivity index (χ2n) is 2.24. The van der Waals surface area contributed by atoms with Gasteiger partial charge in [0.1, 0.15) is 6.67 Å². The van der Waals surface area contributed by atoms with Crippen LogP contribution in [0.2, 0.25) is 0 Å². The summed E-state index contributed by atoms with van der Waals surface area (Å²) in [4.78, 5) is 3.88. The Bertz CT molecular complexity index is 174. The van der Waals surface area contributed by atoms with Gasteiger partial charge in [0.2, 0.25) is 0 Å². The maximum Gasteiger partial charge on any atom is 0.102 e. The molecule has 1 aromatic heterocycles. The van der Waals surface area contributed by atoms with E-state index in [1.165, 1.54) is 0 Å². The summed E-state index contributed by atoms with van der Waals surface area (Å²) in [6, 6.07) is 0. The molecule has 1 N–H and O–H groups in total. The van der Waals surface area contributed by atoms with Gasteiger partial charge < -0.3 is 9.88 Å². The number of nitrogens with one attached hydrogen (secondary N) is 1. The van der Waals surface area contributed by atoms with Gasteiger partial charge in [0, 0.05) is 32.0 Å². The number of nitrogens with zero attached hydrogens (tertiary/aromatic N) is 2. The van der Waals surface area contributed by atoms with Crippen molar-refractivity contribution in [3.05, 3.63) is 18.7 Å². The molecular weight excluding hydrogens is 145 g/mol. The van der Waals surface area contributed by atoms with E-state index in [4.69, 9.17) is 0 Å². The van der Waals surface area contributed by atoms with Crippen LogP contribution in [0.1, 0.15) is 0 Å². The summed E-state index contributed by atoms with van der Waals surface area (Å²) in [5.74, 6) is 0. The van der Waals surface area contributed by atoms with Crippen LogP contribution in [0.5, 0.6) is 0 Å². The zero-order valence-electron chi connectivity index (χ0n) is 6.33. The number of halogens is 1. The monoisotopic (exact) mass is 157 g/mol. The minimum Gasteiger partial charge on any atom is -0.336 e. The lowest BCUT2D eigenvalue weighted by Gasteiger charge is -2.01. The molecule has 0 amide bonds. The summed E-state index contributed by atoms with van der Waals surface area (Å²) in [6.07, 6.45) is 5.36. The van der Waals surface area contributed by atoms with Crippen molar-refractivity contribution in [3.63, 3.8) is 0 Å². The first-order chi connectivity index (χ1) is 5.43. The van der Waals surface area contributed by atoms with E-state index in [0.29, 0.717) is 6.54 Å². The minimum atomic E-state index is -0.302. The number of imidazole rings is 1. The zero-order chi connectivity index (χ0) is 7.94. The molecule has 62 valence electrons. The topological polar surface area (TPSA) is 29.9 Å². The molecule has 11 heavy (non-hydrogen) atoms. The highest BCUT2D eigenvalue weighted by Crippen LogP contribution is 1.82. The second kappa shape index (κ2) is 4.85. The highest BCUT2D eigenvalue weighted by Gasteiger charge is 1.88. The van der Waals surface area contributed by atoms with Gasteiger partial charge >= 0.3 is 0 Å². The van der Waals surface area contributed by atoms with Crippen LogP contribution in [0, 0.1) is 0 Å². The first-order valence-corrected chi connectivity index (χ1v) is 3.66. The maximum atomic E-state index is 11.6. The van der Waals surface area contributed by atoms with Crippen LogP contribution in [0.3, 0.4) is 0 Å². The quantitative estimate of drug-likeness (QED) is 0.629. The van der Waals surface area contributed by atoms with E-state index in [1.54, 1.807) is 12.5 Å². The Labute approximate surface area is 65.2 Å². The summed E-state index contributed by atoms with van der Waals surface area (Å²) in [5.41, 5.74) is 0. The number of hydrogen-bond acceptors (Lipinski definition) is 2. The SMILES string of the molecule is FCCNCCn1ccnc1. The molecule has 0 saturated heterocycles. The minimum absolute atomic E-state index is 0.302. The fourth-order valence-corrected chi connectivity index (χ4v) is 0.819. The van der Waals surface area contributed by atoms with E-state index >= 15 is 0 Å². The lowest BCUT2D eigenvalue weighted by molar-refractivity contribution is 0.460. The van der Waals surface area contributed by atoms with Gasteiger partial charge in [0.15, 0.2) is 0 Å². The highest BCUT2D eigenvalue weighted by atomic mass is 19.1. The van der Waals surface area contributed by atoms with Gasteiger partial charge in [-0.15, -0.1) is 0 Å². The third kappa shape index (κ3) is 3.13. The molecule has 0 atom stereocenters. The van der Waals surface area contributed by atoms with Crippen molar-refractivity contribution in [2.45, 2.75) is 6.54 Å². The lowest BCUT2D eigenvalue weighted by Crippen LogP contribution is -2.21. The predicted molar refractivity (Wildman–Crippen MR) is 41.1 cm³/mol. The Balaban J connectivity index is 2.04. The maximum absolute atomic E-state index is 11.6.